The van der Waals surface area contributed by atoms with Crippen molar-refractivity contribution in [3.8, 4) is 5.75 Å². The molecular weight excluding hydrogens is 260 g/mol. The molecule has 2 aromatic rings. The van der Waals surface area contributed by atoms with Gasteiger partial charge in [0.2, 0.25) is 0 Å². The molecule has 0 saturated heterocycles. The second-order valence-corrected chi connectivity index (χ2v) is 4.58. The fourth-order valence-corrected chi connectivity index (χ4v) is 2.06. The van der Waals surface area contributed by atoms with Gasteiger partial charge in [0.1, 0.15) is 17.4 Å². The summed E-state index contributed by atoms with van der Waals surface area (Å²) in [5.74, 6) is -0.319. The third kappa shape index (κ3) is 3.33. The van der Waals surface area contributed by atoms with Crippen LogP contribution in [0.4, 0.5) is 8.78 Å². The number of nitrogens with one attached hydrogen (secondary N) is 1. The smallest absolute Gasteiger partial charge is 0.130 e. The van der Waals surface area contributed by atoms with E-state index in [1.807, 2.05) is 31.2 Å². The van der Waals surface area contributed by atoms with Crippen LogP contribution in [0.25, 0.3) is 0 Å². The highest BCUT2D eigenvalue weighted by Crippen LogP contribution is 2.24. The largest absolute Gasteiger partial charge is 0.496 e. The minimum atomic E-state index is -0.566. The molecule has 0 aliphatic heterocycles. The monoisotopic (exact) mass is 277 g/mol. The third-order valence-electron chi connectivity index (χ3n) is 3.22. The maximum atomic E-state index is 13.5. The number of para-hydroxylation sites is 1. The highest BCUT2D eigenvalue weighted by Gasteiger charge is 2.11. The number of benzene rings is 2. The predicted molar refractivity (Wildman–Crippen MR) is 74.6 cm³/mol. The first-order chi connectivity index (χ1) is 9.61. The van der Waals surface area contributed by atoms with E-state index in [4.69, 9.17) is 4.74 Å². The molecule has 20 heavy (non-hydrogen) atoms. The summed E-state index contributed by atoms with van der Waals surface area (Å²) in [6, 6.07) is 11.3. The highest BCUT2D eigenvalue weighted by molar-refractivity contribution is 5.35. The number of halogens is 2. The Morgan fingerprint density at radius 2 is 1.90 bits per heavy atom. The van der Waals surface area contributed by atoms with Crippen molar-refractivity contribution < 1.29 is 13.5 Å². The van der Waals surface area contributed by atoms with Crippen LogP contribution in [0.5, 0.6) is 5.75 Å². The summed E-state index contributed by atoms with van der Waals surface area (Å²) in [6.07, 6.45) is 0. The van der Waals surface area contributed by atoms with Gasteiger partial charge in [-0.1, -0.05) is 24.3 Å². The summed E-state index contributed by atoms with van der Waals surface area (Å²) in [6.45, 7) is 2.30. The van der Waals surface area contributed by atoms with Gasteiger partial charge in [0.05, 0.1) is 7.11 Å². The first-order valence-corrected chi connectivity index (χ1v) is 6.42. The number of ether oxygens (including phenoxy) is 1. The summed E-state index contributed by atoms with van der Waals surface area (Å²) in [5.41, 5.74) is 1.44. The van der Waals surface area contributed by atoms with E-state index in [9.17, 15) is 8.78 Å². The van der Waals surface area contributed by atoms with Crippen LogP contribution in [-0.2, 0) is 6.54 Å². The normalized spacial score (nSPS) is 12.2. The van der Waals surface area contributed by atoms with Crippen LogP contribution in [-0.4, -0.2) is 7.11 Å². The Kier molecular flexibility index (Phi) is 4.69. The van der Waals surface area contributed by atoms with Gasteiger partial charge in [0.15, 0.2) is 0 Å². The Morgan fingerprint density at radius 1 is 1.15 bits per heavy atom. The van der Waals surface area contributed by atoms with Crippen LogP contribution >= 0.6 is 0 Å². The third-order valence-corrected chi connectivity index (χ3v) is 3.22. The average Bonchev–Trinajstić information content (AvgIpc) is 2.46. The Balaban J connectivity index is 2.06. The molecule has 2 rings (SSSR count). The Labute approximate surface area is 117 Å². The summed E-state index contributed by atoms with van der Waals surface area (Å²) < 4.78 is 31.7. The Hall–Kier alpha value is -1.94. The van der Waals surface area contributed by atoms with Crippen LogP contribution in [0.2, 0.25) is 0 Å². The number of hydrogen-bond acceptors (Lipinski definition) is 2. The molecule has 0 fully saturated rings. The minimum Gasteiger partial charge on any atom is -0.496 e. The van der Waals surface area contributed by atoms with E-state index in [1.165, 1.54) is 12.1 Å². The number of methoxy groups -OCH3 is 1. The van der Waals surface area contributed by atoms with E-state index in [1.54, 1.807) is 7.11 Å². The second kappa shape index (κ2) is 6.48. The number of hydrogen-bond donors (Lipinski definition) is 1. The molecule has 2 aromatic carbocycles. The van der Waals surface area contributed by atoms with Gasteiger partial charge < -0.3 is 10.1 Å². The average molecular weight is 277 g/mol. The predicted octanol–water partition coefficient (Wildman–Crippen LogP) is 3.82. The summed E-state index contributed by atoms with van der Waals surface area (Å²) >= 11 is 0. The lowest BCUT2D eigenvalue weighted by Gasteiger charge is -2.17. The SMILES string of the molecule is COc1ccccc1[C@H](C)NCc1ccc(F)cc1F. The van der Waals surface area contributed by atoms with Crippen molar-refractivity contribution in [2.24, 2.45) is 0 Å². The molecule has 0 spiro atoms. The first-order valence-electron chi connectivity index (χ1n) is 6.42. The molecule has 0 bridgehead atoms. The van der Waals surface area contributed by atoms with E-state index >= 15 is 0 Å². The standard InChI is InChI=1S/C16H17F2NO/c1-11(14-5-3-4-6-16(14)20-2)19-10-12-7-8-13(17)9-15(12)18/h3-9,11,19H,10H2,1-2H3/t11-/m0/s1. The van der Waals surface area contributed by atoms with Gasteiger partial charge in [-0.05, 0) is 19.1 Å². The fraction of sp³-hybridized carbons (Fsp3) is 0.250. The Morgan fingerprint density at radius 3 is 2.60 bits per heavy atom. The lowest BCUT2D eigenvalue weighted by atomic mass is 10.1. The zero-order chi connectivity index (χ0) is 14.5. The van der Waals surface area contributed by atoms with Gasteiger partial charge in [-0.2, -0.15) is 0 Å². The minimum absolute atomic E-state index is 0.00407. The van der Waals surface area contributed by atoms with Gasteiger partial charge in [0, 0.05) is 29.8 Å². The maximum Gasteiger partial charge on any atom is 0.130 e. The van der Waals surface area contributed by atoms with Crippen LogP contribution in [0.15, 0.2) is 42.5 Å². The molecule has 0 radical (unpaired) electrons. The van der Waals surface area contributed by atoms with Crippen molar-refractivity contribution in [2.75, 3.05) is 7.11 Å². The quantitative estimate of drug-likeness (QED) is 0.897. The topological polar surface area (TPSA) is 21.3 Å². The first kappa shape index (κ1) is 14.5. The van der Waals surface area contributed by atoms with Crippen molar-refractivity contribution in [3.63, 3.8) is 0 Å². The van der Waals surface area contributed by atoms with Gasteiger partial charge in [-0.25, -0.2) is 8.78 Å². The second-order valence-electron chi connectivity index (χ2n) is 4.58. The molecule has 0 aliphatic rings. The van der Waals surface area contributed by atoms with Crippen LogP contribution in [0.1, 0.15) is 24.1 Å². The molecule has 2 nitrogen and oxygen atoms in total. The van der Waals surface area contributed by atoms with Crippen molar-refractivity contribution in [1.29, 1.82) is 0 Å². The molecular formula is C16H17F2NO. The van der Waals surface area contributed by atoms with E-state index < -0.39 is 11.6 Å². The molecule has 0 amide bonds. The summed E-state index contributed by atoms with van der Waals surface area (Å²) in [4.78, 5) is 0. The van der Waals surface area contributed by atoms with Crippen LogP contribution in [0, 0.1) is 11.6 Å². The number of rotatable bonds is 5. The van der Waals surface area contributed by atoms with Gasteiger partial charge in [-0.15, -0.1) is 0 Å². The molecule has 1 N–H and O–H groups in total. The highest BCUT2D eigenvalue weighted by atomic mass is 19.1. The lowest BCUT2D eigenvalue weighted by molar-refractivity contribution is 0.401. The zero-order valence-corrected chi connectivity index (χ0v) is 11.5. The van der Waals surface area contributed by atoms with Crippen molar-refractivity contribution >= 4 is 0 Å². The lowest BCUT2D eigenvalue weighted by Crippen LogP contribution is -2.19. The van der Waals surface area contributed by atoms with Gasteiger partial charge >= 0.3 is 0 Å². The van der Waals surface area contributed by atoms with Gasteiger partial charge in [-0.3, -0.25) is 0 Å². The van der Waals surface area contributed by atoms with Crippen molar-refractivity contribution in [2.45, 2.75) is 19.5 Å². The molecule has 0 heterocycles. The van der Waals surface area contributed by atoms with E-state index in [-0.39, 0.29) is 6.04 Å². The van der Waals surface area contributed by atoms with E-state index in [2.05, 4.69) is 5.32 Å². The molecule has 4 heteroatoms. The molecule has 0 aromatic heterocycles. The van der Waals surface area contributed by atoms with Gasteiger partial charge in [0.25, 0.3) is 0 Å². The van der Waals surface area contributed by atoms with Crippen molar-refractivity contribution in [3.05, 3.63) is 65.2 Å². The molecule has 0 saturated carbocycles. The molecule has 0 unspecified atom stereocenters. The maximum absolute atomic E-state index is 13.5. The van der Waals surface area contributed by atoms with Crippen LogP contribution < -0.4 is 10.1 Å². The van der Waals surface area contributed by atoms with Crippen LogP contribution in [0.3, 0.4) is 0 Å². The summed E-state index contributed by atoms with van der Waals surface area (Å²) in [5, 5.41) is 3.21. The van der Waals surface area contributed by atoms with Crippen molar-refractivity contribution in [1.82, 2.24) is 5.32 Å². The zero-order valence-electron chi connectivity index (χ0n) is 11.5. The van der Waals surface area contributed by atoms with E-state index in [0.717, 1.165) is 17.4 Å². The molecule has 106 valence electrons. The Bertz CT molecular complexity index is 586. The summed E-state index contributed by atoms with van der Waals surface area (Å²) in [7, 11) is 1.62. The van der Waals surface area contributed by atoms with E-state index in [0.29, 0.717) is 12.1 Å². The molecule has 0 aliphatic carbocycles. The fourth-order valence-electron chi connectivity index (χ4n) is 2.06. The molecule has 1 atom stereocenters.